The average Bonchev–Trinajstić information content (AvgIpc) is 3.30. The average molecular weight is 369 g/mol. The number of carbonyl (C=O) groups excluding carboxylic acids is 2. The molecule has 0 saturated heterocycles. The monoisotopic (exact) mass is 369 g/mol. The molecule has 2 aromatic rings. The van der Waals surface area contributed by atoms with Crippen molar-refractivity contribution in [1.82, 2.24) is 14.8 Å². The van der Waals surface area contributed by atoms with Gasteiger partial charge in [-0.3, -0.25) is 9.59 Å². The number of nitrogens with zero attached hydrogens (tertiary/aromatic N) is 2. The minimum Gasteiger partial charge on any atom is -0.454 e. The maximum atomic E-state index is 12.9. The van der Waals surface area contributed by atoms with Crippen LogP contribution in [-0.2, 0) is 17.9 Å². The molecule has 0 bridgehead atoms. The van der Waals surface area contributed by atoms with Crippen LogP contribution in [0.25, 0.3) is 0 Å². The first-order valence-electron chi connectivity index (χ1n) is 9.15. The zero-order valence-electron chi connectivity index (χ0n) is 15.5. The summed E-state index contributed by atoms with van der Waals surface area (Å²) in [5, 5.41) is 2.96. The quantitative estimate of drug-likeness (QED) is 0.875. The lowest BCUT2D eigenvalue weighted by Crippen LogP contribution is -2.55. The molecule has 4 rings (SSSR count). The highest BCUT2D eigenvalue weighted by atomic mass is 16.7. The van der Waals surface area contributed by atoms with Crippen LogP contribution in [0.2, 0.25) is 0 Å². The first-order chi connectivity index (χ1) is 13.0. The van der Waals surface area contributed by atoms with E-state index in [0.29, 0.717) is 36.8 Å². The van der Waals surface area contributed by atoms with E-state index in [1.165, 1.54) is 0 Å². The van der Waals surface area contributed by atoms with Crippen LogP contribution in [-0.4, -0.2) is 40.7 Å². The van der Waals surface area contributed by atoms with E-state index < -0.39 is 6.04 Å². The summed E-state index contributed by atoms with van der Waals surface area (Å²) in [5.74, 6) is 1.43. The fourth-order valence-corrected chi connectivity index (χ4v) is 3.53. The van der Waals surface area contributed by atoms with E-state index in [1.807, 2.05) is 48.9 Å². The molecular formula is C20H23N3O4. The smallest absolute Gasteiger partial charge is 0.271 e. The Balaban J connectivity index is 1.48. The minimum atomic E-state index is -0.520. The first kappa shape index (κ1) is 17.5. The molecule has 2 aliphatic heterocycles. The number of amides is 2. The van der Waals surface area contributed by atoms with Gasteiger partial charge in [0.05, 0.1) is 6.54 Å². The SMILES string of the molecule is CC(C)CN1C(=O)c2cccn2CC1C(=O)NCc1ccc2c(c1)OCO2. The van der Waals surface area contributed by atoms with Crippen LogP contribution >= 0.6 is 0 Å². The van der Waals surface area contributed by atoms with E-state index >= 15 is 0 Å². The van der Waals surface area contributed by atoms with Gasteiger partial charge in [-0.1, -0.05) is 19.9 Å². The van der Waals surface area contributed by atoms with Gasteiger partial charge in [0.25, 0.3) is 5.91 Å². The first-order valence-corrected chi connectivity index (χ1v) is 9.15. The van der Waals surface area contributed by atoms with E-state index in [0.717, 1.165) is 5.56 Å². The van der Waals surface area contributed by atoms with Crippen LogP contribution < -0.4 is 14.8 Å². The summed E-state index contributed by atoms with van der Waals surface area (Å²) in [6.07, 6.45) is 1.85. The summed E-state index contributed by atoms with van der Waals surface area (Å²) in [6.45, 7) is 5.69. The molecule has 1 unspecified atom stereocenters. The molecule has 2 amide bonds. The molecule has 2 aliphatic rings. The van der Waals surface area contributed by atoms with Gasteiger partial charge in [0.2, 0.25) is 12.7 Å². The Labute approximate surface area is 157 Å². The number of carbonyl (C=O) groups is 2. The fraction of sp³-hybridized carbons (Fsp3) is 0.400. The molecule has 0 aliphatic carbocycles. The van der Waals surface area contributed by atoms with E-state index in [-0.39, 0.29) is 24.5 Å². The van der Waals surface area contributed by atoms with Gasteiger partial charge in [0.15, 0.2) is 11.5 Å². The molecule has 1 aromatic heterocycles. The normalized spacial score (nSPS) is 18.0. The summed E-state index contributed by atoms with van der Waals surface area (Å²) in [7, 11) is 0. The van der Waals surface area contributed by atoms with Gasteiger partial charge in [-0.25, -0.2) is 0 Å². The van der Waals surface area contributed by atoms with Gasteiger partial charge < -0.3 is 24.3 Å². The van der Waals surface area contributed by atoms with E-state index in [4.69, 9.17) is 9.47 Å². The molecule has 7 nitrogen and oxygen atoms in total. The minimum absolute atomic E-state index is 0.0943. The molecule has 0 spiro atoms. The van der Waals surface area contributed by atoms with E-state index in [2.05, 4.69) is 5.32 Å². The predicted octanol–water partition coefficient (Wildman–Crippen LogP) is 2.01. The molecule has 0 fully saturated rings. The van der Waals surface area contributed by atoms with Crippen molar-refractivity contribution in [1.29, 1.82) is 0 Å². The highest BCUT2D eigenvalue weighted by molar-refractivity contribution is 5.97. The molecular weight excluding hydrogens is 346 g/mol. The van der Waals surface area contributed by atoms with Crippen LogP contribution in [0.3, 0.4) is 0 Å². The van der Waals surface area contributed by atoms with Gasteiger partial charge in [-0.15, -0.1) is 0 Å². The molecule has 1 atom stereocenters. The second-order valence-electron chi connectivity index (χ2n) is 7.32. The number of nitrogens with one attached hydrogen (secondary N) is 1. The number of hydrogen-bond donors (Lipinski definition) is 1. The number of fused-ring (bicyclic) bond motifs is 2. The maximum Gasteiger partial charge on any atom is 0.271 e. The molecule has 0 radical (unpaired) electrons. The van der Waals surface area contributed by atoms with Crippen LogP contribution in [0.1, 0.15) is 29.9 Å². The van der Waals surface area contributed by atoms with Crippen molar-refractivity contribution in [3.63, 3.8) is 0 Å². The maximum absolute atomic E-state index is 12.9. The standard InChI is InChI=1S/C20H23N3O4/c1-13(2)10-23-16(11-22-7-3-4-15(22)20(23)25)19(24)21-9-14-5-6-17-18(8-14)27-12-26-17/h3-8,13,16H,9-12H2,1-2H3,(H,21,24). The van der Waals surface area contributed by atoms with Crippen molar-refractivity contribution in [2.75, 3.05) is 13.3 Å². The summed E-state index contributed by atoms with van der Waals surface area (Å²) < 4.78 is 12.5. The van der Waals surface area contributed by atoms with Crippen LogP contribution in [0.5, 0.6) is 11.5 Å². The van der Waals surface area contributed by atoms with Gasteiger partial charge in [0.1, 0.15) is 11.7 Å². The molecule has 0 saturated carbocycles. The van der Waals surface area contributed by atoms with E-state index in [9.17, 15) is 9.59 Å². The topological polar surface area (TPSA) is 72.8 Å². The molecule has 27 heavy (non-hydrogen) atoms. The number of hydrogen-bond acceptors (Lipinski definition) is 4. The van der Waals surface area contributed by atoms with Crippen LogP contribution in [0.4, 0.5) is 0 Å². The fourth-order valence-electron chi connectivity index (χ4n) is 3.53. The van der Waals surface area contributed by atoms with Crippen molar-refractivity contribution < 1.29 is 19.1 Å². The Kier molecular flexibility index (Phi) is 4.51. The second kappa shape index (κ2) is 6.98. The molecule has 142 valence electrons. The highest BCUT2D eigenvalue weighted by Gasteiger charge is 2.36. The third kappa shape index (κ3) is 3.37. The van der Waals surface area contributed by atoms with Crippen molar-refractivity contribution in [3.05, 3.63) is 47.8 Å². The van der Waals surface area contributed by atoms with Crippen molar-refractivity contribution in [3.8, 4) is 11.5 Å². The van der Waals surface area contributed by atoms with Crippen LogP contribution in [0, 0.1) is 5.92 Å². The number of benzene rings is 1. The third-order valence-corrected chi connectivity index (χ3v) is 4.82. The van der Waals surface area contributed by atoms with Gasteiger partial charge in [-0.2, -0.15) is 0 Å². The Morgan fingerprint density at radius 2 is 2.07 bits per heavy atom. The molecule has 1 N–H and O–H groups in total. The van der Waals surface area contributed by atoms with Gasteiger partial charge >= 0.3 is 0 Å². The Hall–Kier alpha value is -2.96. The second-order valence-corrected chi connectivity index (χ2v) is 7.32. The lowest BCUT2D eigenvalue weighted by Gasteiger charge is -2.36. The van der Waals surface area contributed by atoms with Crippen LogP contribution in [0.15, 0.2) is 36.5 Å². The number of rotatable bonds is 5. The zero-order valence-corrected chi connectivity index (χ0v) is 15.5. The summed E-state index contributed by atoms with van der Waals surface area (Å²) in [6, 6.07) is 8.73. The van der Waals surface area contributed by atoms with Crippen molar-refractivity contribution in [2.24, 2.45) is 5.92 Å². The summed E-state index contributed by atoms with van der Waals surface area (Å²) in [5.41, 5.74) is 1.56. The Morgan fingerprint density at radius 3 is 2.89 bits per heavy atom. The lowest BCUT2D eigenvalue weighted by atomic mass is 10.1. The molecule has 1 aromatic carbocycles. The number of aromatic nitrogens is 1. The largest absolute Gasteiger partial charge is 0.454 e. The Bertz CT molecular complexity index is 874. The third-order valence-electron chi connectivity index (χ3n) is 4.82. The van der Waals surface area contributed by atoms with Gasteiger partial charge in [-0.05, 0) is 35.7 Å². The lowest BCUT2D eigenvalue weighted by molar-refractivity contribution is -0.126. The van der Waals surface area contributed by atoms with Gasteiger partial charge in [0, 0.05) is 19.3 Å². The Morgan fingerprint density at radius 1 is 1.26 bits per heavy atom. The zero-order chi connectivity index (χ0) is 19.0. The highest BCUT2D eigenvalue weighted by Crippen LogP contribution is 2.32. The molecule has 3 heterocycles. The molecule has 7 heteroatoms. The predicted molar refractivity (Wildman–Crippen MR) is 98.5 cm³/mol. The van der Waals surface area contributed by atoms with E-state index in [1.54, 1.807) is 11.0 Å². The summed E-state index contributed by atoms with van der Waals surface area (Å²) >= 11 is 0. The van der Waals surface area contributed by atoms with Crippen molar-refractivity contribution in [2.45, 2.75) is 33.0 Å². The number of ether oxygens (including phenoxy) is 2. The summed E-state index contributed by atoms with van der Waals surface area (Å²) in [4.78, 5) is 27.4. The van der Waals surface area contributed by atoms with Crippen molar-refractivity contribution >= 4 is 11.8 Å².